The Hall–Kier alpha value is -3.36. The second-order valence-corrected chi connectivity index (χ2v) is 6.98. The summed E-state index contributed by atoms with van der Waals surface area (Å²) in [5.74, 6) is 0.279. The lowest BCUT2D eigenvalue weighted by atomic mass is 9.87. The van der Waals surface area contributed by atoms with Crippen molar-refractivity contribution in [3.63, 3.8) is 0 Å². The fourth-order valence-electron chi connectivity index (χ4n) is 3.64. The van der Waals surface area contributed by atoms with E-state index in [1.54, 1.807) is 18.1 Å². The fourth-order valence-corrected chi connectivity index (χ4v) is 3.64. The van der Waals surface area contributed by atoms with Gasteiger partial charge in [0.2, 0.25) is 5.76 Å². The number of imide groups is 1. The Morgan fingerprint density at radius 2 is 2.00 bits per heavy atom. The van der Waals surface area contributed by atoms with Crippen LogP contribution in [0.1, 0.15) is 23.4 Å². The number of urea groups is 1. The fraction of sp³-hybridized carbons (Fsp3) is 0.368. The Morgan fingerprint density at radius 1 is 1.25 bits per heavy atom. The number of nitrogens with one attached hydrogen (secondary N) is 1. The quantitative estimate of drug-likeness (QED) is 0.804. The summed E-state index contributed by atoms with van der Waals surface area (Å²) in [6.07, 6.45) is 0.731. The zero-order valence-corrected chi connectivity index (χ0v) is 15.6. The SMILES string of the molecule is COc1cccc(-c2cc(C(=O)N3CCC4(CC3)NC(=O)N(C)C4=O)on2)c1. The van der Waals surface area contributed by atoms with Gasteiger partial charge in [0.1, 0.15) is 17.0 Å². The van der Waals surface area contributed by atoms with Crippen LogP contribution in [0.25, 0.3) is 11.3 Å². The van der Waals surface area contributed by atoms with Crippen molar-refractivity contribution in [1.82, 2.24) is 20.3 Å². The van der Waals surface area contributed by atoms with Crippen molar-refractivity contribution < 1.29 is 23.6 Å². The molecule has 2 fully saturated rings. The van der Waals surface area contributed by atoms with Crippen LogP contribution >= 0.6 is 0 Å². The van der Waals surface area contributed by atoms with Crippen molar-refractivity contribution in [3.05, 3.63) is 36.1 Å². The molecule has 1 aromatic heterocycles. The second kappa shape index (κ2) is 6.66. The van der Waals surface area contributed by atoms with Crippen molar-refractivity contribution in [2.45, 2.75) is 18.4 Å². The lowest BCUT2D eigenvalue weighted by Crippen LogP contribution is -2.55. The molecule has 28 heavy (non-hydrogen) atoms. The van der Waals surface area contributed by atoms with Crippen LogP contribution in [0.5, 0.6) is 5.75 Å². The zero-order chi connectivity index (χ0) is 19.9. The monoisotopic (exact) mass is 384 g/mol. The van der Waals surface area contributed by atoms with E-state index in [9.17, 15) is 14.4 Å². The number of hydrogen-bond acceptors (Lipinski definition) is 6. The summed E-state index contributed by atoms with van der Waals surface area (Å²) in [4.78, 5) is 39.6. The summed E-state index contributed by atoms with van der Waals surface area (Å²) in [5.41, 5.74) is 0.410. The van der Waals surface area contributed by atoms with Gasteiger partial charge in [-0.2, -0.15) is 0 Å². The molecule has 3 heterocycles. The molecule has 0 atom stereocenters. The van der Waals surface area contributed by atoms with E-state index in [-0.39, 0.29) is 17.6 Å². The number of piperidine rings is 1. The van der Waals surface area contributed by atoms with Crippen molar-refractivity contribution in [3.8, 4) is 17.0 Å². The number of likely N-dealkylation sites (tertiary alicyclic amines) is 1. The number of carbonyl (C=O) groups excluding carboxylic acids is 3. The maximum Gasteiger partial charge on any atom is 0.324 e. The van der Waals surface area contributed by atoms with Gasteiger partial charge in [-0.15, -0.1) is 0 Å². The number of carbonyl (C=O) groups is 3. The minimum atomic E-state index is -0.907. The van der Waals surface area contributed by atoms with Gasteiger partial charge in [0.05, 0.1) is 7.11 Å². The normalized spacial score (nSPS) is 18.5. The van der Waals surface area contributed by atoms with Crippen LogP contribution in [0.3, 0.4) is 0 Å². The molecule has 0 bridgehead atoms. The lowest BCUT2D eigenvalue weighted by Gasteiger charge is -2.36. The Balaban J connectivity index is 1.46. The van der Waals surface area contributed by atoms with Gasteiger partial charge in [-0.05, 0) is 25.0 Å². The summed E-state index contributed by atoms with van der Waals surface area (Å²) in [6, 6.07) is 8.50. The number of nitrogens with zero attached hydrogens (tertiary/aromatic N) is 3. The van der Waals surface area contributed by atoms with E-state index < -0.39 is 11.6 Å². The molecular formula is C19H20N4O5. The molecule has 9 heteroatoms. The summed E-state index contributed by atoms with van der Waals surface area (Å²) >= 11 is 0. The first kappa shape index (κ1) is 18.0. The van der Waals surface area contributed by atoms with E-state index in [0.717, 1.165) is 10.5 Å². The van der Waals surface area contributed by atoms with Gasteiger partial charge in [0.15, 0.2) is 0 Å². The Morgan fingerprint density at radius 3 is 2.64 bits per heavy atom. The Bertz CT molecular complexity index is 945. The van der Waals surface area contributed by atoms with E-state index in [2.05, 4.69) is 10.5 Å². The number of methoxy groups -OCH3 is 1. The first-order chi connectivity index (χ1) is 13.4. The van der Waals surface area contributed by atoms with Gasteiger partial charge in [0.25, 0.3) is 11.8 Å². The largest absolute Gasteiger partial charge is 0.497 e. The minimum absolute atomic E-state index is 0.132. The Kier molecular flexibility index (Phi) is 4.29. The molecule has 2 aromatic rings. The highest BCUT2D eigenvalue weighted by atomic mass is 16.5. The Labute approximate surface area is 161 Å². The predicted octanol–water partition coefficient (Wildman–Crippen LogP) is 1.51. The van der Waals surface area contributed by atoms with Gasteiger partial charge in [0, 0.05) is 31.8 Å². The number of likely N-dealkylation sites (N-methyl/N-ethyl adjacent to an activating group) is 1. The van der Waals surface area contributed by atoms with Crippen LogP contribution < -0.4 is 10.1 Å². The lowest BCUT2D eigenvalue weighted by molar-refractivity contribution is -0.131. The average molecular weight is 384 g/mol. The highest BCUT2D eigenvalue weighted by molar-refractivity contribution is 6.07. The molecule has 9 nitrogen and oxygen atoms in total. The van der Waals surface area contributed by atoms with Crippen LogP contribution in [0.15, 0.2) is 34.9 Å². The zero-order valence-electron chi connectivity index (χ0n) is 15.6. The summed E-state index contributed by atoms with van der Waals surface area (Å²) in [7, 11) is 3.04. The first-order valence-corrected chi connectivity index (χ1v) is 8.94. The maximum atomic E-state index is 12.8. The number of benzene rings is 1. The number of rotatable bonds is 3. The number of amides is 4. The van der Waals surface area contributed by atoms with E-state index in [1.165, 1.54) is 7.05 Å². The molecule has 0 unspecified atom stereocenters. The summed E-state index contributed by atoms with van der Waals surface area (Å²) < 4.78 is 10.5. The van der Waals surface area contributed by atoms with Gasteiger partial charge in [-0.1, -0.05) is 17.3 Å². The van der Waals surface area contributed by atoms with E-state index >= 15 is 0 Å². The standard InChI is InChI=1S/C19H20N4O5/c1-22-17(25)19(20-18(22)26)6-8-23(9-7-19)16(24)15-11-14(21-28-15)12-4-3-5-13(10-12)27-2/h3-5,10-11H,6-9H2,1-2H3,(H,20,26). The molecular weight excluding hydrogens is 364 g/mol. The molecule has 4 rings (SSSR count). The average Bonchev–Trinajstić information content (AvgIpc) is 3.29. The van der Waals surface area contributed by atoms with Crippen molar-refractivity contribution in [1.29, 1.82) is 0 Å². The summed E-state index contributed by atoms with van der Waals surface area (Å²) in [5, 5.41) is 6.74. The van der Waals surface area contributed by atoms with Crippen molar-refractivity contribution in [2.24, 2.45) is 0 Å². The molecule has 1 spiro atoms. The van der Waals surface area contributed by atoms with Gasteiger partial charge >= 0.3 is 6.03 Å². The smallest absolute Gasteiger partial charge is 0.324 e. The molecule has 0 saturated carbocycles. The van der Waals surface area contributed by atoms with Gasteiger partial charge < -0.3 is 19.5 Å². The second-order valence-electron chi connectivity index (χ2n) is 6.98. The van der Waals surface area contributed by atoms with Crippen LogP contribution in [0.4, 0.5) is 4.79 Å². The van der Waals surface area contributed by atoms with Crippen molar-refractivity contribution in [2.75, 3.05) is 27.2 Å². The highest BCUT2D eigenvalue weighted by Crippen LogP contribution is 2.30. The molecule has 1 N–H and O–H groups in total. The topological polar surface area (TPSA) is 105 Å². The third kappa shape index (κ3) is 2.88. The first-order valence-electron chi connectivity index (χ1n) is 8.94. The molecule has 0 aliphatic carbocycles. The van der Waals surface area contributed by atoms with Crippen LogP contribution in [-0.4, -0.2) is 65.6 Å². The predicted molar refractivity (Wildman–Crippen MR) is 97.7 cm³/mol. The number of ether oxygens (including phenoxy) is 1. The molecule has 1 aromatic carbocycles. The number of hydrogen-bond donors (Lipinski definition) is 1. The summed E-state index contributed by atoms with van der Waals surface area (Å²) in [6.45, 7) is 0.682. The molecule has 0 radical (unpaired) electrons. The highest BCUT2D eigenvalue weighted by Gasteiger charge is 2.51. The van der Waals surface area contributed by atoms with Crippen LogP contribution in [-0.2, 0) is 4.79 Å². The van der Waals surface area contributed by atoms with Gasteiger partial charge in [-0.3, -0.25) is 14.5 Å². The maximum absolute atomic E-state index is 12.8. The van der Waals surface area contributed by atoms with Crippen molar-refractivity contribution >= 4 is 17.8 Å². The minimum Gasteiger partial charge on any atom is -0.497 e. The van der Waals surface area contributed by atoms with Crippen LogP contribution in [0.2, 0.25) is 0 Å². The molecule has 2 aliphatic heterocycles. The molecule has 4 amide bonds. The van der Waals surface area contributed by atoms with Gasteiger partial charge in [-0.25, -0.2) is 4.79 Å². The molecule has 146 valence electrons. The van der Waals surface area contributed by atoms with Crippen LogP contribution in [0, 0.1) is 0 Å². The van der Waals surface area contributed by atoms with E-state index in [4.69, 9.17) is 9.26 Å². The van der Waals surface area contributed by atoms with E-state index in [1.807, 2.05) is 24.3 Å². The molecule has 2 aliphatic rings. The van der Waals surface area contributed by atoms with E-state index in [0.29, 0.717) is 37.4 Å². The molecule has 2 saturated heterocycles. The third-order valence-corrected chi connectivity index (χ3v) is 5.36. The number of aromatic nitrogens is 1. The third-order valence-electron chi connectivity index (χ3n) is 5.36.